The van der Waals surface area contributed by atoms with Crippen molar-refractivity contribution in [2.45, 2.75) is 19.1 Å². The SMILES string of the molecule is O=c1n(CCC(F)(F)F)nc2ccncn12. The third kappa shape index (κ3) is 2.05. The summed E-state index contributed by atoms with van der Waals surface area (Å²) in [5, 5.41) is 3.74. The smallest absolute Gasteiger partial charge is 0.246 e. The zero-order valence-electron chi connectivity index (χ0n) is 7.98. The number of hydrogen-bond donors (Lipinski definition) is 0. The fraction of sp³-hybridized carbons (Fsp3) is 0.375. The number of halogens is 3. The van der Waals surface area contributed by atoms with Gasteiger partial charge >= 0.3 is 11.9 Å². The third-order valence-electron chi connectivity index (χ3n) is 2.00. The van der Waals surface area contributed by atoms with Crippen LogP contribution in [0, 0.1) is 0 Å². The van der Waals surface area contributed by atoms with Gasteiger partial charge in [-0.05, 0) is 0 Å². The molecule has 2 heterocycles. The Morgan fingerprint density at radius 2 is 2.12 bits per heavy atom. The van der Waals surface area contributed by atoms with Gasteiger partial charge in [-0.1, -0.05) is 0 Å². The van der Waals surface area contributed by atoms with Crippen LogP contribution in [-0.2, 0) is 6.54 Å². The molecule has 2 rings (SSSR count). The first kappa shape index (κ1) is 10.7. The van der Waals surface area contributed by atoms with Gasteiger partial charge in [0.25, 0.3) is 0 Å². The van der Waals surface area contributed by atoms with Crippen LogP contribution in [-0.4, -0.2) is 25.3 Å². The maximum atomic E-state index is 12.0. The molecule has 2 aromatic rings. The summed E-state index contributed by atoms with van der Waals surface area (Å²) in [6.07, 6.45) is -2.75. The lowest BCUT2D eigenvalue weighted by molar-refractivity contribution is -0.137. The average Bonchev–Trinajstić information content (AvgIpc) is 2.53. The highest BCUT2D eigenvalue weighted by atomic mass is 19.4. The van der Waals surface area contributed by atoms with Crippen molar-refractivity contribution in [3.63, 3.8) is 0 Å². The van der Waals surface area contributed by atoms with Gasteiger partial charge in [0, 0.05) is 12.3 Å². The van der Waals surface area contributed by atoms with Crippen molar-refractivity contribution in [2.24, 2.45) is 0 Å². The summed E-state index contributed by atoms with van der Waals surface area (Å²) in [5.74, 6) is 0. The fourth-order valence-corrected chi connectivity index (χ4v) is 1.25. The normalized spacial score (nSPS) is 12.2. The summed E-state index contributed by atoms with van der Waals surface area (Å²) in [6.45, 7) is -0.482. The lowest BCUT2D eigenvalue weighted by Gasteiger charge is -2.04. The molecule has 0 aliphatic rings. The standard InChI is InChI=1S/C8H7F3N4O/c9-8(10,11)2-4-15-7(16)14-5-12-3-1-6(14)13-15/h1,3,5H,2,4H2. The van der Waals surface area contributed by atoms with Gasteiger partial charge < -0.3 is 0 Å². The minimum atomic E-state index is -4.30. The molecular weight excluding hydrogens is 225 g/mol. The van der Waals surface area contributed by atoms with E-state index in [1.165, 1.54) is 18.6 Å². The fourth-order valence-electron chi connectivity index (χ4n) is 1.25. The first-order chi connectivity index (χ1) is 7.47. The van der Waals surface area contributed by atoms with Crippen LogP contribution in [0.3, 0.4) is 0 Å². The molecule has 0 bridgehead atoms. The van der Waals surface area contributed by atoms with Crippen LogP contribution in [0.2, 0.25) is 0 Å². The molecule has 0 aliphatic heterocycles. The van der Waals surface area contributed by atoms with Gasteiger partial charge in [0.05, 0.1) is 13.0 Å². The molecule has 0 saturated carbocycles. The second-order valence-corrected chi connectivity index (χ2v) is 3.18. The second-order valence-electron chi connectivity index (χ2n) is 3.18. The van der Waals surface area contributed by atoms with Gasteiger partial charge in [0.15, 0.2) is 5.65 Å². The number of nitrogens with zero attached hydrogens (tertiary/aromatic N) is 4. The van der Waals surface area contributed by atoms with Crippen LogP contribution in [0.4, 0.5) is 13.2 Å². The van der Waals surface area contributed by atoms with E-state index in [-0.39, 0.29) is 5.65 Å². The molecule has 5 nitrogen and oxygen atoms in total. The topological polar surface area (TPSA) is 52.2 Å². The van der Waals surface area contributed by atoms with Crippen molar-refractivity contribution < 1.29 is 13.2 Å². The van der Waals surface area contributed by atoms with Crippen molar-refractivity contribution in [1.29, 1.82) is 0 Å². The van der Waals surface area contributed by atoms with Gasteiger partial charge in [0.1, 0.15) is 6.33 Å². The quantitative estimate of drug-likeness (QED) is 0.771. The molecule has 0 aliphatic carbocycles. The van der Waals surface area contributed by atoms with Crippen molar-refractivity contribution in [1.82, 2.24) is 19.2 Å². The van der Waals surface area contributed by atoms with E-state index >= 15 is 0 Å². The van der Waals surface area contributed by atoms with Crippen LogP contribution in [0.15, 0.2) is 23.4 Å². The molecule has 16 heavy (non-hydrogen) atoms. The summed E-state index contributed by atoms with van der Waals surface area (Å²) in [5.41, 5.74) is -0.338. The van der Waals surface area contributed by atoms with E-state index in [2.05, 4.69) is 10.1 Å². The van der Waals surface area contributed by atoms with Gasteiger partial charge in [-0.15, -0.1) is 5.10 Å². The summed E-state index contributed by atoms with van der Waals surface area (Å²) in [7, 11) is 0. The van der Waals surface area contributed by atoms with E-state index in [1.807, 2.05) is 0 Å². The van der Waals surface area contributed by atoms with Gasteiger partial charge in [-0.25, -0.2) is 18.9 Å². The summed E-state index contributed by atoms with van der Waals surface area (Å²) in [4.78, 5) is 15.2. The molecule has 2 aromatic heterocycles. The minimum absolute atomic E-state index is 0.280. The molecular formula is C8H7F3N4O. The van der Waals surface area contributed by atoms with Crippen LogP contribution in [0.25, 0.3) is 5.65 Å². The van der Waals surface area contributed by atoms with Crippen LogP contribution in [0.1, 0.15) is 6.42 Å². The van der Waals surface area contributed by atoms with Crippen molar-refractivity contribution in [3.05, 3.63) is 29.1 Å². The number of alkyl halides is 3. The Hall–Kier alpha value is -1.86. The number of fused-ring (bicyclic) bond motifs is 1. The van der Waals surface area contributed by atoms with Crippen LogP contribution in [0.5, 0.6) is 0 Å². The predicted molar refractivity (Wildman–Crippen MR) is 47.9 cm³/mol. The Bertz CT molecular complexity index is 556. The first-order valence-corrected chi connectivity index (χ1v) is 4.43. The summed E-state index contributed by atoms with van der Waals surface area (Å²) >= 11 is 0. The van der Waals surface area contributed by atoms with Crippen molar-refractivity contribution >= 4 is 5.65 Å². The molecule has 0 saturated heterocycles. The van der Waals surface area contributed by atoms with Crippen molar-refractivity contribution in [3.8, 4) is 0 Å². The summed E-state index contributed by atoms with van der Waals surface area (Å²) < 4.78 is 37.8. The monoisotopic (exact) mass is 232 g/mol. The van der Waals surface area contributed by atoms with Gasteiger partial charge in [0.2, 0.25) is 0 Å². The molecule has 8 heteroatoms. The molecule has 86 valence electrons. The predicted octanol–water partition coefficient (Wildman–Crippen LogP) is 0.843. The zero-order chi connectivity index (χ0) is 11.8. The molecule has 0 amide bonds. The van der Waals surface area contributed by atoms with Crippen molar-refractivity contribution in [2.75, 3.05) is 0 Å². The molecule has 0 radical (unpaired) electrons. The largest absolute Gasteiger partial charge is 0.390 e. The van der Waals surface area contributed by atoms with E-state index in [0.29, 0.717) is 0 Å². The highest BCUT2D eigenvalue weighted by Gasteiger charge is 2.27. The summed E-state index contributed by atoms with van der Waals surface area (Å²) in [6, 6.07) is 1.45. The first-order valence-electron chi connectivity index (χ1n) is 4.43. The minimum Gasteiger partial charge on any atom is -0.246 e. The van der Waals surface area contributed by atoms with Crippen LogP contribution >= 0.6 is 0 Å². The Labute approximate surface area is 87.1 Å². The lowest BCUT2D eigenvalue weighted by atomic mass is 10.4. The number of aromatic nitrogens is 4. The Balaban J connectivity index is 2.32. The van der Waals surface area contributed by atoms with Gasteiger partial charge in [-0.2, -0.15) is 13.2 Å². The number of aryl methyl sites for hydroxylation is 1. The van der Waals surface area contributed by atoms with Crippen LogP contribution < -0.4 is 5.69 Å². The van der Waals surface area contributed by atoms with E-state index < -0.39 is 24.8 Å². The molecule has 0 atom stereocenters. The average molecular weight is 232 g/mol. The third-order valence-corrected chi connectivity index (χ3v) is 2.00. The second kappa shape index (κ2) is 3.62. The molecule has 0 aromatic carbocycles. The van der Waals surface area contributed by atoms with Gasteiger partial charge in [-0.3, -0.25) is 0 Å². The maximum absolute atomic E-state index is 12.0. The Morgan fingerprint density at radius 3 is 2.75 bits per heavy atom. The number of rotatable bonds is 2. The molecule has 0 fully saturated rings. The maximum Gasteiger partial charge on any atom is 0.390 e. The van der Waals surface area contributed by atoms with E-state index in [0.717, 1.165) is 9.08 Å². The Morgan fingerprint density at radius 1 is 1.38 bits per heavy atom. The Kier molecular flexibility index (Phi) is 2.41. The van der Waals surface area contributed by atoms with E-state index in [1.54, 1.807) is 0 Å². The zero-order valence-corrected chi connectivity index (χ0v) is 7.98. The number of hydrogen-bond acceptors (Lipinski definition) is 3. The van der Waals surface area contributed by atoms with E-state index in [4.69, 9.17) is 0 Å². The lowest BCUT2D eigenvalue weighted by Crippen LogP contribution is -2.24. The highest BCUT2D eigenvalue weighted by Crippen LogP contribution is 2.19. The molecule has 0 spiro atoms. The highest BCUT2D eigenvalue weighted by molar-refractivity contribution is 5.33. The molecule has 0 unspecified atom stereocenters. The van der Waals surface area contributed by atoms with E-state index in [9.17, 15) is 18.0 Å². The molecule has 0 N–H and O–H groups in total.